The van der Waals surface area contributed by atoms with Crippen molar-refractivity contribution >= 4 is 18.9 Å². The van der Waals surface area contributed by atoms with Crippen molar-refractivity contribution in [3.05, 3.63) is 35.9 Å². The third-order valence-corrected chi connectivity index (χ3v) is 5.24. The van der Waals surface area contributed by atoms with Gasteiger partial charge in [-0.25, -0.2) is 0 Å². The van der Waals surface area contributed by atoms with Gasteiger partial charge in [0.25, 0.3) is 5.91 Å². The van der Waals surface area contributed by atoms with Gasteiger partial charge in [-0.05, 0) is 37.8 Å². The molecule has 8 heteroatoms. The van der Waals surface area contributed by atoms with Gasteiger partial charge in [0.15, 0.2) is 0 Å². The van der Waals surface area contributed by atoms with Crippen molar-refractivity contribution in [3.8, 4) is 0 Å². The van der Waals surface area contributed by atoms with Gasteiger partial charge >= 0.3 is 7.12 Å². The number of hydrogen-bond donors (Lipinski definition) is 3. The van der Waals surface area contributed by atoms with E-state index in [4.69, 9.17) is 0 Å². The van der Waals surface area contributed by atoms with E-state index in [0.717, 1.165) is 25.8 Å². The van der Waals surface area contributed by atoms with Crippen molar-refractivity contribution in [2.75, 3.05) is 26.2 Å². The lowest BCUT2D eigenvalue weighted by Gasteiger charge is -2.34. The Kier molecular flexibility index (Phi) is 6.29. The molecule has 0 saturated carbocycles. The van der Waals surface area contributed by atoms with E-state index in [1.807, 2.05) is 35.2 Å². The number of likely N-dealkylation sites (tertiary alicyclic amines) is 2. The lowest BCUT2D eigenvalue weighted by Crippen LogP contribution is -2.52. The van der Waals surface area contributed by atoms with Gasteiger partial charge in [-0.2, -0.15) is 0 Å². The topological polar surface area (TPSA) is 93.1 Å². The number of piperidine rings is 1. The Morgan fingerprint density at radius 1 is 1.12 bits per heavy atom. The molecule has 0 aliphatic carbocycles. The van der Waals surface area contributed by atoms with Crippen LogP contribution in [0.1, 0.15) is 36.0 Å². The second-order valence-electron chi connectivity index (χ2n) is 7.05. The molecule has 140 valence electrons. The minimum Gasteiger partial charge on any atom is -0.426 e. The van der Waals surface area contributed by atoms with Gasteiger partial charge in [0.2, 0.25) is 5.91 Å². The van der Waals surface area contributed by atoms with Crippen molar-refractivity contribution in [1.82, 2.24) is 15.1 Å². The van der Waals surface area contributed by atoms with Gasteiger partial charge in [0.1, 0.15) is 0 Å². The van der Waals surface area contributed by atoms with Crippen molar-refractivity contribution in [1.29, 1.82) is 0 Å². The first-order valence-electron chi connectivity index (χ1n) is 9.29. The van der Waals surface area contributed by atoms with E-state index in [9.17, 15) is 19.6 Å². The molecule has 0 bridgehead atoms. The molecular weight excluding hydrogens is 333 g/mol. The first-order valence-corrected chi connectivity index (χ1v) is 9.29. The molecule has 0 radical (unpaired) electrons. The largest absolute Gasteiger partial charge is 0.475 e. The second kappa shape index (κ2) is 8.66. The highest BCUT2D eigenvalue weighted by molar-refractivity contribution is 6.43. The second-order valence-corrected chi connectivity index (χ2v) is 7.05. The van der Waals surface area contributed by atoms with Crippen LogP contribution in [0, 0.1) is 0 Å². The third kappa shape index (κ3) is 4.44. The fourth-order valence-electron chi connectivity index (χ4n) is 3.84. The van der Waals surface area contributed by atoms with Crippen LogP contribution in [0.25, 0.3) is 0 Å². The summed E-state index contributed by atoms with van der Waals surface area (Å²) in [5.74, 6) is -0.606. The molecule has 1 aromatic carbocycles. The van der Waals surface area contributed by atoms with E-state index >= 15 is 0 Å². The molecule has 3 N–H and O–H groups in total. The summed E-state index contributed by atoms with van der Waals surface area (Å²) >= 11 is 0. The first kappa shape index (κ1) is 18.9. The smallest absolute Gasteiger partial charge is 0.426 e. The van der Waals surface area contributed by atoms with E-state index in [1.54, 1.807) is 4.90 Å². The minimum absolute atomic E-state index is 0.0198. The number of rotatable bonds is 5. The number of nitrogens with zero attached hydrogens (tertiary/aromatic N) is 2. The Labute approximate surface area is 154 Å². The summed E-state index contributed by atoms with van der Waals surface area (Å²) < 4.78 is 0. The fraction of sp³-hybridized carbons (Fsp3) is 0.556. The summed E-state index contributed by atoms with van der Waals surface area (Å²) in [6.45, 7) is 2.02. The highest BCUT2D eigenvalue weighted by Gasteiger charge is 2.36. The summed E-state index contributed by atoms with van der Waals surface area (Å²) in [5, 5.41) is 22.0. The molecule has 0 spiro atoms. The van der Waals surface area contributed by atoms with Gasteiger partial charge in [-0.3, -0.25) is 9.59 Å². The molecule has 7 nitrogen and oxygen atoms in total. The van der Waals surface area contributed by atoms with Gasteiger partial charge in [-0.1, -0.05) is 18.2 Å². The maximum atomic E-state index is 12.6. The predicted octanol–water partition coefficient (Wildman–Crippen LogP) is -0.116. The molecule has 1 aromatic rings. The maximum Gasteiger partial charge on any atom is 0.475 e. The summed E-state index contributed by atoms with van der Waals surface area (Å²) in [6, 6.07) is 9.30. The molecule has 2 atom stereocenters. The van der Waals surface area contributed by atoms with Crippen LogP contribution in [0.15, 0.2) is 30.3 Å². The highest BCUT2D eigenvalue weighted by atomic mass is 16.4. The summed E-state index contributed by atoms with van der Waals surface area (Å²) in [5.41, 5.74) is 0.682. The molecule has 2 aliphatic rings. The van der Waals surface area contributed by atoms with E-state index in [2.05, 4.69) is 5.32 Å². The minimum atomic E-state index is -1.49. The zero-order valence-corrected chi connectivity index (χ0v) is 14.9. The number of amides is 2. The van der Waals surface area contributed by atoms with Gasteiger partial charge in [-0.15, -0.1) is 0 Å². The fourth-order valence-corrected chi connectivity index (χ4v) is 3.84. The van der Waals surface area contributed by atoms with Crippen LogP contribution in [0.4, 0.5) is 0 Å². The Morgan fingerprint density at radius 3 is 2.58 bits per heavy atom. The summed E-state index contributed by atoms with van der Waals surface area (Å²) in [6.07, 6.45) is 3.22. The van der Waals surface area contributed by atoms with Gasteiger partial charge in [0, 0.05) is 31.2 Å². The number of benzene rings is 1. The molecule has 2 fully saturated rings. The van der Waals surface area contributed by atoms with Crippen LogP contribution in [-0.2, 0) is 4.79 Å². The summed E-state index contributed by atoms with van der Waals surface area (Å²) in [7, 11) is -1.49. The molecule has 2 aliphatic heterocycles. The van der Waals surface area contributed by atoms with Gasteiger partial charge < -0.3 is 25.2 Å². The van der Waals surface area contributed by atoms with Gasteiger partial charge in [0.05, 0.1) is 12.5 Å². The number of carbonyl (C=O) groups is 2. The van der Waals surface area contributed by atoms with Crippen LogP contribution in [0.3, 0.4) is 0 Å². The summed E-state index contributed by atoms with van der Waals surface area (Å²) in [4.78, 5) is 28.4. The van der Waals surface area contributed by atoms with Crippen LogP contribution in [-0.4, -0.2) is 76.9 Å². The maximum absolute atomic E-state index is 12.6. The molecule has 26 heavy (non-hydrogen) atoms. The Bertz CT molecular complexity index is 628. The Hall–Kier alpha value is -1.90. The van der Waals surface area contributed by atoms with Crippen molar-refractivity contribution < 1.29 is 19.6 Å². The van der Waals surface area contributed by atoms with Crippen molar-refractivity contribution in [3.63, 3.8) is 0 Å². The monoisotopic (exact) mass is 359 g/mol. The Morgan fingerprint density at radius 2 is 1.85 bits per heavy atom. The van der Waals surface area contributed by atoms with E-state index in [0.29, 0.717) is 25.1 Å². The number of hydrogen-bond acceptors (Lipinski definition) is 5. The molecule has 2 heterocycles. The molecule has 0 aromatic heterocycles. The third-order valence-electron chi connectivity index (χ3n) is 5.24. The lowest BCUT2D eigenvalue weighted by atomic mass is 9.78. The van der Waals surface area contributed by atoms with Crippen molar-refractivity contribution in [2.45, 2.75) is 37.7 Å². The molecule has 0 unspecified atom stereocenters. The zero-order valence-electron chi connectivity index (χ0n) is 14.9. The molecule has 2 saturated heterocycles. The quantitative estimate of drug-likeness (QED) is 0.638. The number of carbonyl (C=O) groups excluding carboxylic acids is 2. The Balaban J connectivity index is 1.51. The van der Waals surface area contributed by atoms with E-state index in [-0.39, 0.29) is 24.4 Å². The zero-order chi connectivity index (χ0) is 18.5. The lowest BCUT2D eigenvalue weighted by molar-refractivity contribution is -0.130. The van der Waals surface area contributed by atoms with Crippen LogP contribution in [0.2, 0.25) is 0 Å². The van der Waals surface area contributed by atoms with E-state index < -0.39 is 13.1 Å². The average Bonchev–Trinajstić information content (AvgIpc) is 3.17. The molecule has 3 rings (SSSR count). The van der Waals surface area contributed by atoms with Crippen LogP contribution in [0.5, 0.6) is 0 Å². The average molecular weight is 359 g/mol. The SMILES string of the molecule is O=C(c1ccccc1)N1CCC[C@H](NCC(=O)N2CCC[C@H]2B(O)O)C1. The molecular formula is C18H26BN3O4. The normalized spacial score (nSPS) is 23.2. The van der Waals surface area contributed by atoms with E-state index in [1.165, 1.54) is 0 Å². The van der Waals surface area contributed by atoms with Crippen LogP contribution >= 0.6 is 0 Å². The highest BCUT2D eigenvalue weighted by Crippen LogP contribution is 2.18. The predicted molar refractivity (Wildman–Crippen MR) is 98.3 cm³/mol. The van der Waals surface area contributed by atoms with Crippen molar-refractivity contribution in [2.24, 2.45) is 0 Å². The number of nitrogens with one attached hydrogen (secondary N) is 1. The molecule has 2 amide bonds. The van der Waals surface area contributed by atoms with Crippen LogP contribution < -0.4 is 5.32 Å². The standard InChI is InChI=1S/C18H26BN3O4/c23-17(22-11-5-9-16(22)19(25)26)12-20-15-8-4-10-21(13-15)18(24)14-6-2-1-3-7-14/h1-3,6-7,15-16,20,25-26H,4-5,8-13H2/t15-,16-/m0/s1. The first-order chi connectivity index (χ1) is 12.6.